The van der Waals surface area contributed by atoms with Gasteiger partial charge in [0.25, 0.3) is 5.69 Å². The van der Waals surface area contributed by atoms with E-state index in [1.165, 1.54) is 6.07 Å². The molecule has 0 saturated heterocycles. The summed E-state index contributed by atoms with van der Waals surface area (Å²) in [5.74, 6) is -0.504. The summed E-state index contributed by atoms with van der Waals surface area (Å²) in [5, 5.41) is 22.3. The van der Waals surface area contributed by atoms with Gasteiger partial charge in [0.2, 0.25) is 0 Å². The summed E-state index contributed by atoms with van der Waals surface area (Å²) in [5.41, 5.74) is -0.262. The van der Waals surface area contributed by atoms with E-state index >= 15 is 0 Å². The highest BCUT2D eigenvalue weighted by Gasteiger charge is 2.22. The quantitative estimate of drug-likeness (QED) is 0.613. The van der Waals surface area contributed by atoms with E-state index in [9.17, 15) is 14.9 Å². The first-order chi connectivity index (χ1) is 8.21. The predicted octanol–water partition coefficient (Wildman–Crippen LogP) is 1.96. The number of nitrogens with one attached hydrogen (secondary N) is 1. The number of aromatic nitrogens is 1. The molecule has 7 nitrogen and oxygen atoms in total. The Bertz CT molecular complexity index is 485. The van der Waals surface area contributed by atoms with Gasteiger partial charge in [-0.3, -0.25) is 14.9 Å². The number of pyridine rings is 1. The van der Waals surface area contributed by atoms with Gasteiger partial charge in [0, 0.05) is 11.1 Å². The van der Waals surface area contributed by atoms with E-state index in [4.69, 9.17) is 5.11 Å². The van der Waals surface area contributed by atoms with Gasteiger partial charge in [-0.2, -0.15) is 0 Å². The zero-order valence-corrected chi connectivity index (χ0v) is 10.4. The summed E-state index contributed by atoms with van der Waals surface area (Å²) in [4.78, 5) is 24.7. The van der Waals surface area contributed by atoms with Crippen LogP contribution in [0.1, 0.15) is 25.8 Å². The Morgan fingerprint density at radius 2 is 2.22 bits per heavy atom. The van der Waals surface area contributed by atoms with Gasteiger partial charge >= 0.3 is 5.97 Å². The SMILES string of the molecule is Cc1cc(NC(C)(C)CC(=O)O)ncc1[N+](=O)[O-]. The van der Waals surface area contributed by atoms with Crippen LogP contribution in [0.4, 0.5) is 11.5 Å². The average molecular weight is 253 g/mol. The van der Waals surface area contributed by atoms with E-state index in [1.54, 1.807) is 20.8 Å². The van der Waals surface area contributed by atoms with Crippen molar-refractivity contribution in [3.63, 3.8) is 0 Å². The number of nitrogens with zero attached hydrogens (tertiary/aromatic N) is 2. The van der Waals surface area contributed by atoms with Gasteiger partial charge in [-0.05, 0) is 26.8 Å². The van der Waals surface area contributed by atoms with Crippen molar-refractivity contribution in [2.45, 2.75) is 32.7 Å². The number of hydrogen-bond acceptors (Lipinski definition) is 5. The smallest absolute Gasteiger partial charge is 0.305 e. The number of carboxylic acids is 1. The van der Waals surface area contributed by atoms with Gasteiger partial charge in [-0.1, -0.05) is 0 Å². The van der Waals surface area contributed by atoms with E-state index in [1.807, 2.05) is 0 Å². The largest absolute Gasteiger partial charge is 0.481 e. The maximum Gasteiger partial charge on any atom is 0.305 e. The molecule has 7 heteroatoms. The molecule has 98 valence electrons. The Balaban J connectivity index is 2.89. The molecule has 0 aliphatic heterocycles. The molecule has 0 aliphatic rings. The van der Waals surface area contributed by atoms with Crippen molar-refractivity contribution in [3.8, 4) is 0 Å². The molecule has 0 unspecified atom stereocenters. The van der Waals surface area contributed by atoms with Gasteiger partial charge in [0.15, 0.2) is 0 Å². The Morgan fingerprint density at radius 1 is 1.61 bits per heavy atom. The van der Waals surface area contributed by atoms with Crippen molar-refractivity contribution in [2.75, 3.05) is 5.32 Å². The van der Waals surface area contributed by atoms with E-state index in [2.05, 4.69) is 10.3 Å². The highest BCUT2D eigenvalue weighted by Crippen LogP contribution is 2.22. The lowest BCUT2D eigenvalue weighted by Gasteiger charge is -2.24. The van der Waals surface area contributed by atoms with Crippen molar-refractivity contribution in [3.05, 3.63) is 27.9 Å². The van der Waals surface area contributed by atoms with Gasteiger partial charge in [0.05, 0.1) is 11.3 Å². The molecule has 0 bridgehead atoms. The molecular formula is C11H15N3O4. The summed E-state index contributed by atoms with van der Waals surface area (Å²) >= 11 is 0. The lowest BCUT2D eigenvalue weighted by atomic mass is 10.0. The first-order valence-electron chi connectivity index (χ1n) is 5.32. The molecule has 0 aromatic carbocycles. The maximum absolute atomic E-state index is 10.7. The molecule has 2 N–H and O–H groups in total. The van der Waals surface area contributed by atoms with Crippen LogP contribution in [0.3, 0.4) is 0 Å². The first kappa shape index (κ1) is 13.9. The van der Waals surface area contributed by atoms with Crippen LogP contribution >= 0.6 is 0 Å². The zero-order chi connectivity index (χ0) is 13.9. The minimum absolute atomic E-state index is 0.0587. The number of carboxylic acid groups (broad SMARTS) is 1. The summed E-state index contributed by atoms with van der Waals surface area (Å²) in [6, 6.07) is 1.53. The molecule has 0 radical (unpaired) electrons. The van der Waals surface area contributed by atoms with Crippen molar-refractivity contribution in [1.82, 2.24) is 4.98 Å². The van der Waals surface area contributed by atoms with Crippen LogP contribution in [0.2, 0.25) is 0 Å². The van der Waals surface area contributed by atoms with E-state index in [-0.39, 0.29) is 12.1 Å². The monoisotopic (exact) mass is 253 g/mol. The van der Waals surface area contributed by atoms with Crippen LogP contribution in [0.15, 0.2) is 12.3 Å². The molecule has 18 heavy (non-hydrogen) atoms. The molecule has 0 atom stereocenters. The third kappa shape index (κ3) is 3.69. The van der Waals surface area contributed by atoms with Crippen LogP contribution in [0.5, 0.6) is 0 Å². The summed E-state index contributed by atoms with van der Waals surface area (Å²) < 4.78 is 0. The molecule has 0 amide bonds. The van der Waals surface area contributed by atoms with Crippen LogP contribution < -0.4 is 5.32 Å². The molecular weight excluding hydrogens is 238 g/mol. The minimum Gasteiger partial charge on any atom is -0.481 e. The third-order valence-electron chi connectivity index (χ3n) is 2.34. The fraction of sp³-hybridized carbons (Fsp3) is 0.455. The van der Waals surface area contributed by atoms with Crippen molar-refractivity contribution >= 4 is 17.5 Å². The van der Waals surface area contributed by atoms with Crippen molar-refractivity contribution in [2.24, 2.45) is 0 Å². The zero-order valence-electron chi connectivity index (χ0n) is 10.4. The van der Waals surface area contributed by atoms with Crippen LogP contribution in [-0.2, 0) is 4.79 Å². The number of nitro groups is 1. The number of carbonyl (C=O) groups is 1. The van der Waals surface area contributed by atoms with Gasteiger partial charge in [-0.25, -0.2) is 4.98 Å². The maximum atomic E-state index is 10.7. The van der Waals surface area contributed by atoms with Crippen LogP contribution in [0, 0.1) is 17.0 Å². The summed E-state index contributed by atoms with van der Waals surface area (Å²) in [7, 11) is 0. The summed E-state index contributed by atoms with van der Waals surface area (Å²) in [6.07, 6.45) is 1.08. The van der Waals surface area contributed by atoms with Crippen molar-refractivity contribution < 1.29 is 14.8 Å². The highest BCUT2D eigenvalue weighted by atomic mass is 16.6. The second-order valence-electron chi connectivity index (χ2n) is 4.69. The lowest BCUT2D eigenvalue weighted by Crippen LogP contribution is -2.34. The molecule has 0 aliphatic carbocycles. The number of hydrogen-bond donors (Lipinski definition) is 2. The van der Waals surface area contributed by atoms with Crippen LogP contribution in [0.25, 0.3) is 0 Å². The van der Waals surface area contributed by atoms with E-state index < -0.39 is 16.4 Å². The Labute approximate surface area is 104 Å². The van der Waals surface area contributed by atoms with Gasteiger partial charge < -0.3 is 10.4 Å². The number of rotatable bonds is 5. The molecule has 1 aromatic rings. The summed E-state index contributed by atoms with van der Waals surface area (Å²) in [6.45, 7) is 5.05. The van der Waals surface area contributed by atoms with Gasteiger partial charge in [0.1, 0.15) is 12.0 Å². The van der Waals surface area contributed by atoms with Crippen LogP contribution in [-0.4, -0.2) is 26.5 Å². The molecule has 0 fully saturated rings. The Morgan fingerprint density at radius 3 is 2.67 bits per heavy atom. The molecule has 1 heterocycles. The third-order valence-corrected chi connectivity index (χ3v) is 2.34. The first-order valence-corrected chi connectivity index (χ1v) is 5.32. The van der Waals surface area contributed by atoms with Crippen molar-refractivity contribution in [1.29, 1.82) is 0 Å². The molecule has 0 saturated carbocycles. The van der Waals surface area contributed by atoms with E-state index in [0.29, 0.717) is 11.4 Å². The number of anilines is 1. The lowest BCUT2D eigenvalue weighted by molar-refractivity contribution is -0.385. The van der Waals surface area contributed by atoms with Gasteiger partial charge in [-0.15, -0.1) is 0 Å². The molecule has 0 spiro atoms. The fourth-order valence-electron chi connectivity index (χ4n) is 1.58. The second-order valence-corrected chi connectivity index (χ2v) is 4.69. The predicted molar refractivity (Wildman–Crippen MR) is 65.6 cm³/mol. The minimum atomic E-state index is -0.925. The Hall–Kier alpha value is -2.18. The average Bonchev–Trinajstić information content (AvgIpc) is 2.13. The molecule has 1 aromatic heterocycles. The number of aryl methyl sites for hydroxylation is 1. The second kappa shape index (κ2) is 4.99. The normalized spacial score (nSPS) is 11.1. The Kier molecular flexibility index (Phi) is 3.85. The molecule has 1 rings (SSSR count). The fourth-order valence-corrected chi connectivity index (χ4v) is 1.58. The topological polar surface area (TPSA) is 105 Å². The van der Waals surface area contributed by atoms with E-state index in [0.717, 1.165) is 6.20 Å². The number of aliphatic carboxylic acids is 1. The highest BCUT2D eigenvalue weighted by molar-refractivity contribution is 5.69. The standard InChI is InChI=1S/C11H15N3O4/c1-7-4-9(12-6-8(7)14(17)18)13-11(2,3)5-10(15)16/h4,6H,5H2,1-3H3,(H,12,13)(H,15,16).